The van der Waals surface area contributed by atoms with E-state index in [-0.39, 0.29) is 30.3 Å². The molecule has 3 aromatic rings. The number of urea groups is 1. The Balaban J connectivity index is 1.52. The van der Waals surface area contributed by atoms with Gasteiger partial charge in [0, 0.05) is 44.1 Å². The third-order valence-electron chi connectivity index (χ3n) is 6.81. The second-order valence-corrected chi connectivity index (χ2v) is 10.8. The normalized spacial score (nSPS) is 17.0. The van der Waals surface area contributed by atoms with Crippen molar-refractivity contribution >= 4 is 17.8 Å². The van der Waals surface area contributed by atoms with Crippen LogP contribution in [0.1, 0.15) is 37.8 Å². The van der Waals surface area contributed by atoms with Gasteiger partial charge in [0.15, 0.2) is 0 Å². The minimum atomic E-state index is -0.708. The Labute approximate surface area is 241 Å². The molecule has 1 aliphatic heterocycles. The van der Waals surface area contributed by atoms with E-state index < -0.39 is 6.04 Å². The van der Waals surface area contributed by atoms with Gasteiger partial charge in [-0.1, -0.05) is 55.8 Å². The van der Waals surface area contributed by atoms with Crippen molar-refractivity contribution in [3.8, 4) is 17.1 Å². The molecule has 218 valence electrons. The summed E-state index contributed by atoms with van der Waals surface area (Å²) in [5, 5.41) is 8.75. The van der Waals surface area contributed by atoms with Gasteiger partial charge < -0.3 is 30.2 Å². The highest BCUT2D eigenvalue weighted by atomic mass is 16.5. The Bertz CT molecular complexity index is 1340. The molecule has 0 saturated carbocycles. The molecule has 3 N–H and O–H groups in total. The van der Waals surface area contributed by atoms with Gasteiger partial charge in [0.2, 0.25) is 11.8 Å². The summed E-state index contributed by atoms with van der Waals surface area (Å²) in [6.07, 6.45) is 4.60. The second-order valence-electron chi connectivity index (χ2n) is 10.8. The molecule has 1 aliphatic rings. The van der Waals surface area contributed by atoms with E-state index in [4.69, 9.17) is 4.74 Å². The number of hydrogen-bond donors (Lipinski definition) is 3. The van der Waals surface area contributed by atoms with Crippen molar-refractivity contribution in [1.82, 2.24) is 30.4 Å². The molecule has 0 aliphatic carbocycles. The number of amides is 4. The minimum Gasteiger partial charge on any atom is -0.494 e. The molecule has 1 atom stereocenters. The maximum Gasteiger partial charge on any atom is 0.318 e. The van der Waals surface area contributed by atoms with Crippen LogP contribution in [0.4, 0.5) is 4.79 Å². The number of imidazole rings is 1. The van der Waals surface area contributed by atoms with Gasteiger partial charge in [-0.3, -0.25) is 9.59 Å². The Morgan fingerprint density at radius 3 is 2.78 bits per heavy atom. The molecule has 4 amide bonds. The quantitative estimate of drug-likeness (QED) is 0.452. The molecule has 2 aromatic carbocycles. The van der Waals surface area contributed by atoms with E-state index in [0.717, 1.165) is 22.5 Å². The fourth-order valence-electron chi connectivity index (χ4n) is 4.82. The van der Waals surface area contributed by atoms with Crippen molar-refractivity contribution in [1.29, 1.82) is 0 Å². The lowest BCUT2D eigenvalue weighted by Crippen LogP contribution is -2.52. The fourth-order valence-corrected chi connectivity index (χ4v) is 4.82. The van der Waals surface area contributed by atoms with E-state index in [0.29, 0.717) is 51.4 Å². The summed E-state index contributed by atoms with van der Waals surface area (Å²) >= 11 is 0. The van der Waals surface area contributed by atoms with Crippen LogP contribution >= 0.6 is 0 Å². The number of rotatable bonds is 4. The minimum absolute atomic E-state index is 0.171. The molecule has 41 heavy (non-hydrogen) atoms. The van der Waals surface area contributed by atoms with Crippen molar-refractivity contribution in [2.75, 3.05) is 26.2 Å². The van der Waals surface area contributed by atoms with Crippen molar-refractivity contribution in [3.63, 3.8) is 0 Å². The molecule has 0 unspecified atom stereocenters. The summed E-state index contributed by atoms with van der Waals surface area (Å²) in [6.45, 7) is 7.73. The third kappa shape index (κ3) is 8.83. The second kappa shape index (κ2) is 14.3. The summed E-state index contributed by atoms with van der Waals surface area (Å²) in [5.41, 5.74) is 2.98. The molecule has 2 heterocycles. The molecule has 0 fully saturated rings. The number of carbonyl (C=O) groups excluding carboxylic acids is 3. The first-order valence-corrected chi connectivity index (χ1v) is 14.2. The highest BCUT2D eigenvalue weighted by molar-refractivity contribution is 5.90. The standard InChI is InChI=1S/C31H40N6O4/c1-22(2)17-27-30(39)33-12-15-36-14-11-32-29(36)25-9-5-10-26(19-25)41-16-6-13-37(21-28(38)35-27)31(40)34-20-24-8-4-7-23(3)18-24/h4-5,7-11,14,18-19,22,27H,6,12-13,15-17,20-21H2,1-3H3,(H,33,39)(H,34,40)(H,35,38)/t27-/m1/s1. The van der Waals surface area contributed by atoms with Gasteiger partial charge in [-0.15, -0.1) is 0 Å². The molecule has 2 bridgehead atoms. The van der Waals surface area contributed by atoms with Gasteiger partial charge in [-0.25, -0.2) is 9.78 Å². The first-order chi connectivity index (χ1) is 19.8. The van der Waals surface area contributed by atoms with Gasteiger partial charge in [0.05, 0.1) is 6.61 Å². The van der Waals surface area contributed by atoms with E-state index in [1.165, 1.54) is 4.90 Å². The van der Waals surface area contributed by atoms with E-state index in [1.807, 2.05) is 80.1 Å². The Morgan fingerprint density at radius 2 is 1.98 bits per heavy atom. The molecule has 0 radical (unpaired) electrons. The summed E-state index contributed by atoms with van der Waals surface area (Å²) in [5.74, 6) is 1.01. The van der Waals surface area contributed by atoms with Crippen LogP contribution in [0.5, 0.6) is 5.75 Å². The molecular weight excluding hydrogens is 520 g/mol. The number of carbonyl (C=O) groups is 3. The van der Waals surface area contributed by atoms with Gasteiger partial charge in [-0.2, -0.15) is 0 Å². The van der Waals surface area contributed by atoms with E-state index in [9.17, 15) is 14.4 Å². The molecule has 10 heteroatoms. The Kier molecular flexibility index (Phi) is 10.4. The van der Waals surface area contributed by atoms with Crippen LogP contribution in [0.3, 0.4) is 0 Å². The maximum atomic E-state index is 13.2. The molecule has 0 saturated heterocycles. The lowest BCUT2D eigenvalue weighted by molar-refractivity contribution is -0.129. The van der Waals surface area contributed by atoms with Gasteiger partial charge in [-0.05, 0) is 43.4 Å². The van der Waals surface area contributed by atoms with Gasteiger partial charge in [0.1, 0.15) is 24.2 Å². The van der Waals surface area contributed by atoms with E-state index in [2.05, 4.69) is 20.9 Å². The van der Waals surface area contributed by atoms with E-state index in [1.54, 1.807) is 6.20 Å². The Morgan fingerprint density at radius 1 is 1.15 bits per heavy atom. The number of nitrogens with zero attached hydrogens (tertiary/aromatic N) is 3. The Hall–Kier alpha value is -4.34. The smallest absolute Gasteiger partial charge is 0.318 e. The first kappa shape index (κ1) is 29.6. The van der Waals surface area contributed by atoms with Crippen molar-refractivity contribution in [3.05, 3.63) is 72.1 Å². The number of hydrogen-bond acceptors (Lipinski definition) is 5. The maximum absolute atomic E-state index is 13.2. The fraction of sp³-hybridized carbons (Fsp3) is 0.419. The molecule has 4 rings (SSSR count). The third-order valence-corrected chi connectivity index (χ3v) is 6.81. The van der Waals surface area contributed by atoms with Crippen LogP contribution in [-0.2, 0) is 22.7 Å². The predicted molar refractivity (Wildman–Crippen MR) is 157 cm³/mol. The van der Waals surface area contributed by atoms with Crippen LogP contribution in [0.25, 0.3) is 11.4 Å². The van der Waals surface area contributed by atoms with Crippen LogP contribution < -0.4 is 20.7 Å². The average Bonchev–Trinajstić information content (AvgIpc) is 3.41. The molecule has 10 nitrogen and oxygen atoms in total. The van der Waals surface area contributed by atoms with Crippen molar-refractivity contribution < 1.29 is 19.1 Å². The highest BCUT2D eigenvalue weighted by Crippen LogP contribution is 2.23. The zero-order valence-corrected chi connectivity index (χ0v) is 24.1. The van der Waals surface area contributed by atoms with Crippen LogP contribution in [-0.4, -0.2) is 64.6 Å². The summed E-state index contributed by atoms with van der Waals surface area (Å²) in [6, 6.07) is 14.5. The first-order valence-electron chi connectivity index (χ1n) is 14.2. The predicted octanol–water partition coefficient (Wildman–Crippen LogP) is 3.50. The van der Waals surface area contributed by atoms with Crippen molar-refractivity contribution in [2.24, 2.45) is 5.92 Å². The number of nitrogens with one attached hydrogen (secondary N) is 3. The molecule has 0 spiro atoms. The summed E-state index contributed by atoms with van der Waals surface area (Å²) in [4.78, 5) is 45.4. The zero-order chi connectivity index (χ0) is 29.2. The van der Waals surface area contributed by atoms with Crippen molar-refractivity contribution in [2.45, 2.75) is 52.7 Å². The number of benzene rings is 2. The topological polar surface area (TPSA) is 118 Å². The SMILES string of the molecule is Cc1cccc(CNC(=O)N2CCCOc3cccc(c3)-c3nccn3CCNC(=O)[C@@H](CC(C)C)NC(=O)C2)c1. The highest BCUT2D eigenvalue weighted by Gasteiger charge is 2.24. The largest absolute Gasteiger partial charge is 0.494 e. The number of fused-ring (bicyclic) bond motifs is 4. The van der Waals surface area contributed by atoms with Crippen LogP contribution in [0.15, 0.2) is 60.9 Å². The summed E-state index contributed by atoms with van der Waals surface area (Å²) < 4.78 is 7.98. The lowest BCUT2D eigenvalue weighted by atomic mass is 10.0. The molecular formula is C31H40N6O4. The van der Waals surface area contributed by atoms with Gasteiger partial charge in [0.25, 0.3) is 0 Å². The zero-order valence-electron chi connectivity index (χ0n) is 24.1. The number of aromatic nitrogens is 2. The van der Waals surface area contributed by atoms with Gasteiger partial charge >= 0.3 is 6.03 Å². The van der Waals surface area contributed by atoms with Crippen LogP contribution in [0, 0.1) is 12.8 Å². The van der Waals surface area contributed by atoms with Crippen LogP contribution in [0.2, 0.25) is 0 Å². The monoisotopic (exact) mass is 560 g/mol. The molecule has 1 aromatic heterocycles. The number of ether oxygens (including phenoxy) is 1. The summed E-state index contributed by atoms with van der Waals surface area (Å²) in [7, 11) is 0. The number of aryl methyl sites for hydroxylation is 1. The van der Waals surface area contributed by atoms with E-state index >= 15 is 0 Å². The lowest BCUT2D eigenvalue weighted by Gasteiger charge is -2.25. The average molecular weight is 561 g/mol.